The summed E-state index contributed by atoms with van der Waals surface area (Å²) in [4.78, 5) is 10.3. The SMILES string of the molecule is CCCCCCCCCCCCCCCCCCCC(C)NC=O. The predicted octanol–water partition coefficient (Wildman–Crippen LogP) is 7.16. The van der Waals surface area contributed by atoms with Crippen LogP contribution in [0.3, 0.4) is 0 Å². The summed E-state index contributed by atoms with van der Waals surface area (Å²) in [5, 5.41) is 2.82. The first-order valence-electron chi connectivity index (χ1n) is 11.0. The van der Waals surface area contributed by atoms with Crippen LogP contribution in [-0.2, 0) is 4.79 Å². The van der Waals surface area contributed by atoms with Crippen molar-refractivity contribution in [1.29, 1.82) is 0 Å². The van der Waals surface area contributed by atoms with Gasteiger partial charge in [-0.25, -0.2) is 0 Å². The van der Waals surface area contributed by atoms with Crippen LogP contribution in [0.2, 0.25) is 0 Å². The van der Waals surface area contributed by atoms with Crippen LogP contribution in [0.4, 0.5) is 0 Å². The zero-order valence-corrected chi connectivity index (χ0v) is 16.8. The molecule has 1 N–H and O–H groups in total. The average Bonchev–Trinajstić information content (AvgIpc) is 2.58. The first-order chi connectivity index (χ1) is 11.8. The van der Waals surface area contributed by atoms with Crippen molar-refractivity contribution in [3.05, 3.63) is 0 Å². The molecule has 0 radical (unpaired) electrons. The van der Waals surface area contributed by atoms with E-state index in [1.54, 1.807) is 0 Å². The fraction of sp³-hybridized carbons (Fsp3) is 0.955. The molecule has 24 heavy (non-hydrogen) atoms. The molecule has 0 aromatic carbocycles. The van der Waals surface area contributed by atoms with Crippen LogP contribution in [-0.4, -0.2) is 12.5 Å². The molecule has 0 aliphatic heterocycles. The molecule has 1 atom stereocenters. The van der Waals surface area contributed by atoms with Gasteiger partial charge >= 0.3 is 0 Å². The minimum Gasteiger partial charge on any atom is -0.356 e. The van der Waals surface area contributed by atoms with E-state index in [0.29, 0.717) is 6.04 Å². The molecule has 0 aromatic rings. The van der Waals surface area contributed by atoms with E-state index in [0.717, 1.165) is 12.8 Å². The van der Waals surface area contributed by atoms with E-state index in [2.05, 4.69) is 19.2 Å². The Morgan fingerprint density at radius 1 is 0.625 bits per heavy atom. The Bertz CT molecular complexity index is 242. The molecule has 0 aromatic heterocycles. The first-order valence-corrected chi connectivity index (χ1v) is 11.0. The number of carbonyl (C=O) groups is 1. The molecule has 0 fully saturated rings. The van der Waals surface area contributed by atoms with E-state index in [-0.39, 0.29) is 0 Å². The van der Waals surface area contributed by atoms with E-state index in [9.17, 15) is 4.79 Å². The molecule has 0 spiro atoms. The highest BCUT2D eigenvalue weighted by molar-refractivity contribution is 5.46. The van der Waals surface area contributed by atoms with Gasteiger partial charge in [0, 0.05) is 6.04 Å². The maximum atomic E-state index is 10.3. The fourth-order valence-electron chi connectivity index (χ4n) is 3.37. The highest BCUT2D eigenvalue weighted by atomic mass is 16.1. The van der Waals surface area contributed by atoms with Crippen LogP contribution in [0.15, 0.2) is 0 Å². The summed E-state index contributed by atoms with van der Waals surface area (Å²) in [5.41, 5.74) is 0. The zero-order chi connectivity index (χ0) is 17.7. The minimum atomic E-state index is 0.346. The number of amides is 1. The summed E-state index contributed by atoms with van der Waals surface area (Å²) < 4.78 is 0. The molecular weight excluding hydrogens is 294 g/mol. The highest BCUT2D eigenvalue weighted by Gasteiger charge is 1.99. The number of hydrogen-bond donors (Lipinski definition) is 1. The van der Waals surface area contributed by atoms with Crippen molar-refractivity contribution in [2.45, 2.75) is 135 Å². The van der Waals surface area contributed by atoms with E-state index in [1.807, 2.05) is 0 Å². The molecule has 0 bridgehead atoms. The summed E-state index contributed by atoms with van der Waals surface area (Å²) in [6.45, 7) is 4.37. The van der Waals surface area contributed by atoms with Crippen molar-refractivity contribution in [3.8, 4) is 0 Å². The van der Waals surface area contributed by atoms with Crippen molar-refractivity contribution in [2.24, 2.45) is 0 Å². The van der Waals surface area contributed by atoms with Gasteiger partial charge in [0.1, 0.15) is 0 Å². The lowest BCUT2D eigenvalue weighted by Gasteiger charge is -2.09. The third-order valence-electron chi connectivity index (χ3n) is 5.09. The van der Waals surface area contributed by atoms with Gasteiger partial charge in [-0.15, -0.1) is 0 Å². The molecule has 0 rings (SSSR count). The van der Waals surface area contributed by atoms with Gasteiger partial charge in [-0.1, -0.05) is 116 Å². The molecule has 0 saturated carbocycles. The largest absolute Gasteiger partial charge is 0.356 e. The van der Waals surface area contributed by atoms with Crippen molar-refractivity contribution in [3.63, 3.8) is 0 Å². The third kappa shape index (κ3) is 19.5. The molecule has 0 aliphatic rings. The normalized spacial score (nSPS) is 12.2. The standard InChI is InChI=1S/C22H45NO/c1-3-4-5-6-7-8-9-10-11-12-13-14-15-16-17-18-19-20-22(2)23-21-24/h21-22H,3-20H2,1-2H3,(H,23,24). The molecule has 1 amide bonds. The van der Waals surface area contributed by atoms with Gasteiger partial charge in [0.2, 0.25) is 6.41 Å². The Labute approximate surface area is 152 Å². The van der Waals surface area contributed by atoms with Crippen molar-refractivity contribution >= 4 is 6.41 Å². The van der Waals surface area contributed by atoms with Gasteiger partial charge in [0.25, 0.3) is 0 Å². The second kappa shape index (κ2) is 20.5. The molecule has 1 unspecified atom stereocenters. The van der Waals surface area contributed by atoms with Crippen LogP contribution in [0.25, 0.3) is 0 Å². The smallest absolute Gasteiger partial charge is 0.207 e. The van der Waals surface area contributed by atoms with Crippen LogP contribution >= 0.6 is 0 Å². The van der Waals surface area contributed by atoms with Crippen molar-refractivity contribution < 1.29 is 4.79 Å². The van der Waals surface area contributed by atoms with Gasteiger partial charge < -0.3 is 5.32 Å². The number of hydrogen-bond acceptors (Lipinski definition) is 1. The lowest BCUT2D eigenvalue weighted by molar-refractivity contribution is -0.110. The first kappa shape index (κ1) is 23.5. The maximum Gasteiger partial charge on any atom is 0.207 e. The van der Waals surface area contributed by atoms with E-state index < -0.39 is 0 Å². The lowest BCUT2D eigenvalue weighted by Crippen LogP contribution is -2.23. The summed E-state index contributed by atoms with van der Waals surface area (Å²) >= 11 is 0. The number of unbranched alkanes of at least 4 members (excludes halogenated alkanes) is 16. The van der Waals surface area contributed by atoms with Gasteiger partial charge in [-0.05, 0) is 13.3 Å². The molecule has 0 saturated heterocycles. The minimum absolute atomic E-state index is 0.346. The number of nitrogens with one attached hydrogen (secondary N) is 1. The predicted molar refractivity (Wildman–Crippen MR) is 107 cm³/mol. The second-order valence-electron chi connectivity index (χ2n) is 7.63. The van der Waals surface area contributed by atoms with Crippen LogP contribution in [0, 0.1) is 0 Å². The summed E-state index contributed by atoms with van der Waals surface area (Å²) in [6, 6.07) is 0.346. The van der Waals surface area contributed by atoms with Gasteiger partial charge in [-0.3, -0.25) is 4.79 Å². The van der Waals surface area contributed by atoms with Crippen LogP contribution in [0.1, 0.15) is 129 Å². The topological polar surface area (TPSA) is 29.1 Å². The fourth-order valence-corrected chi connectivity index (χ4v) is 3.37. The summed E-state index contributed by atoms with van der Waals surface area (Å²) in [6.07, 6.45) is 26.0. The molecule has 0 aliphatic carbocycles. The molecular formula is C22H45NO. The Kier molecular flexibility index (Phi) is 20.1. The monoisotopic (exact) mass is 339 g/mol. The Morgan fingerprint density at radius 3 is 1.29 bits per heavy atom. The quantitative estimate of drug-likeness (QED) is 0.185. The molecule has 144 valence electrons. The average molecular weight is 340 g/mol. The van der Waals surface area contributed by atoms with Gasteiger partial charge in [-0.2, -0.15) is 0 Å². The van der Waals surface area contributed by atoms with E-state index in [4.69, 9.17) is 0 Å². The summed E-state index contributed by atoms with van der Waals surface area (Å²) in [5.74, 6) is 0. The number of carbonyl (C=O) groups excluding carboxylic acids is 1. The van der Waals surface area contributed by atoms with E-state index >= 15 is 0 Å². The summed E-state index contributed by atoms with van der Waals surface area (Å²) in [7, 11) is 0. The third-order valence-corrected chi connectivity index (χ3v) is 5.09. The Hall–Kier alpha value is -0.530. The maximum absolute atomic E-state index is 10.3. The molecule has 2 heteroatoms. The highest BCUT2D eigenvalue weighted by Crippen LogP contribution is 2.14. The number of rotatable bonds is 20. The lowest BCUT2D eigenvalue weighted by atomic mass is 10.0. The van der Waals surface area contributed by atoms with Gasteiger partial charge in [0.05, 0.1) is 0 Å². The molecule has 2 nitrogen and oxygen atoms in total. The van der Waals surface area contributed by atoms with Gasteiger partial charge in [0.15, 0.2) is 0 Å². The van der Waals surface area contributed by atoms with Crippen LogP contribution in [0.5, 0.6) is 0 Å². The van der Waals surface area contributed by atoms with Crippen molar-refractivity contribution in [1.82, 2.24) is 5.32 Å². The zero-order valence-electron chi connectivity index (χ0n) is 16.8. The Balaban J connectivity index is 3.01. The van der Waals surface area contributed by atoms with Crippen LogP contribution < -0.4 is 5.32 Å². The molecule has 0 heterocycles. The second-order valence-corrected chi connectivity index (χ2v) is 7.63. The van der Waals surface area contributed by atoms with Crippen molar-refractivity contribution in [2.75, 3.05) is 0 Å². The van der Waals surface area contributed by atoms with E-state index in [1.165, 1.54) is 109 Å². The Morgan fingerprint density at radius 2 is 0.958 bits per heavy atom.